The summed E-state index contributed by atoms with van der Waals surface area (Å²) in [6.07, 6.45) is 2.21. The molecule has 0 aromatic heterocycles. The zero-order chi connectivity index (χ0) is 11.7. The Morgan fingerprint density at radius 2 is 1.62 bits per heavy atom. The molecule has 0 fully saturated rings. The molecule has 2 rings (SSSR count). The lowest BCUT2D eigenvalue weighted by atomic mass is 9.78. The Balaban J connectivity index is 2.46. The minimum Gasteiger partial charge on any atom is -0.294 e. The van der Waals surface area contributed by atoms with Crippen LogP contribution in [0.2, 0.25) is 0 Å². The maximum Gasteiger partial charge on any atom is 0.165 e. The highest BCUT2D eigenvalue weighted by atomic mass is 16.1. The quantitative estimate of drug-likeness (QED) is 0.639. The van der Waals surface area contributed by atoms with E-state index < -0.39 is 0 Å². The third kappa shape index (κ3) is 2.04. The van der Waals surface area contributed by atoms with Crippen LogP contribution in [-0.4, -0.2) is 5.78 Å². The van der Waals surface area contributed by atoms with Crippen LogP contribution in [0.1, 0.15) is 55.5 Å². The summed E-state index contributed by atoms with van der Waals surface area (Å²) in [6.45, 7) is 6.55. The molecule has 0 saturated heterocycles. The van der Waals surface area contributed by atoms with Crippen molar-refractivity contribution in [1.82, 2.24) is 0 Å². The first-order chi connectivity index (χ1) is 7.59. The molecule has 0 radical (unpaired) electrons. The van der Waals surface area contributed by atoms with Gasteiger partial charge in [-0.2, -0.15) is 0 Å². The Morgan fingerprint density at radius 3 is 2.38 bits per heavy atom. The van der Waals surface area contributed by atoms with Crippen molar-refractivity contribution >= 4 is 5.78 Å². The average molecular weight is 216 g/mol. The fourth-order valence-electron chi connectivity index (χ4n) is 2.95. The van der Waals surface area contributed by atoms with Crippen LogP contribution in [0.5, 0.6) is 0 Å². The van der Waals surface area contributed by atoms with E-state index in [0.29, 0.717) is 17.6 Å². The Hall–Kier alpha value is -1.11. The van der Waals surface area contributed by atoms with Gasteiger partial charge in [-0.15, -0.1) is 0 Å². The van der Waals surface area contributed by atoms with Gasteiger partial charge >= 0.3 is 0 Å². The van der Waals surface area contributed by atoms with E-state index in [1.54, 1.807) is 0 Å². The van der Waals surface area contributed by atoms with Gasteiger partial charge in [-0.05, 0) is 30.2 Å². The largest absolute Gasteiger partial charge is 0.294 e. The number of hydrogen-bond acceptors (Lipinski definition) is 1. The maximum absolute atomic E-state index is 12.3. The molecule has 0 spiro atoms. The minimum absolute atomic E-state index is 0.170. The second-order valence-electron chi connectivity index (χ2n) is 5.33. The first kappa shape index (κ1) is 11.4. The lowest BCUT2D eigenvalue weighted by Crippen LogP contribution is -2.21. The molecule has 1 aromatic carbocycles. The molecule has 0 bridgehead atoms. The van der Waals surface area contributed by atoms with Crippen LogP contribution in [0.25, 0.3) is 0 Å². The number of fused-ring (bicyclic) bond motifs is 1. The van der Waals surface area contributed by atoms with E-state index >= 15 is 0 Å². The van der Waals surface area contributed by atoms with Crippen molar-refractivity contribution in [3.05, 3.63) is 35.4 Å². The normalized spacial score (nSPS) is 30.4. The lowest BCUT2D eigenvalue weighted by Gasteiger charge is -2.26. The summed E-state index contributed by atoms with van der Waals surface area (Å²) in [5, 5.41) is 0. The predicted molar refractivity (Wildman–Crippen MR) is 66.7 cm³/mol. The maximum atomic E-state index is 12.3. The smallest absolute Gasteiger partial charge is 0.165 e. The van der Waals surface area contributed by atoms with E-state index in [-0.39, 0.29) is 5.92 Å². The topological polar surface area (TPSA) is 17.1 Å². The van der Waals surface area contributed by atoms with Gasteiger partial charge in [0.15, 0.2) is 5.78 Å². The van der Waals surface area contributed by atoms with Gasteiger partial charge in [-0.25, -0.2) is 0 Å². The summed E-state index contributed by atoms with van der Waals surface area (Å²) >= 11 is 0. The standard InChI is InChI=1S/C15H20O/c1-10-8-11(2)13-6-4-5-7-14(13)15(16)12(3)9-10/h4-7,10-12H,8-9H2,1-3H3. The second kappa shape index (κ2) is 4.40. The molecular formula is C15H20O. The zero-order valence-electron chi connectivity index (χ0n) is 10.4. The van der Waals surface area contributed by atoms with Gasteiger partial charge in [-0.3, -0.25) is 4.79 Å². The molecule has 0 saturated carbocycles. The Bertz CT molecular complexity index is 394. The molecule has 3 unspecified atom stereocenters. The van der Waals surface area contributed by atoms with Crippen LogP contribution in [0, 0.1) is 11.8 Å². The third-order valence-corrected chi connectivity index (χ3v) is 3.72. The molecule has 1 heteroatoms. The summed E-state index contributed by atoms with van der Waals surface area (Å²) in [4.78, 5) is 12.3. The van der Waals surface area contributed by atoms with Crippen LogP contribution in [-0.2, 0) is 0 Å². The number of Topliss-reactive ketones (excluding diaryl/α,β-unsaturated/α-hetero) is 1. The fourth-order valence-corrected chi connectivity index (χ4v) is 2.95. The highest BCUT2D eigenvalue weighted by Gasteiger charge is 2.26. The molecule has 1 aliphatic carbocycles. The number of rotatable bonds is 0. The third-order valence-electron chi connectivity index (χ3n) is 3.72. The van der Waals surface area contributed by atoms with Crippen LogP contribution in [0.3, 0.4) is 0 Å². The molecule has 3 atom stereocenters. The van der Waals surface area contributed by atoms with Crippen molar-refractivity contribution in [1.29, 1.82) is 0 Å². The van der Waals surface area contributed by atoms with E-state index in [1.165, 1.54) is 12.0 Å². The number of hydrogen-bond donors (Lipinski definition) is 0. The molecule has 16 heavy (non-hydrogen) atoms. The molecule has 0 aliphatic heterocycles. The summed E-state index contributed by atoms with van der Waals surface area (Å²) in [6, 6.07) is 8.12. The van der Waals surface area contributed by atoms with Crippen LogP contribution >= 0.6 is 0 Å². The van der Waals surface area contributed by atoms with Gasteiger partial charge in [-0.1, -0.05) is 45.0 Å². The van der Waals surface area contributed by atoms with Gasteiger partial charge in [0.05, 0.1) is 0 Å². The van der Waals surface area contributed by atoms with Crippen LogP contribution in [0.15, 0.2) is 24.3 Å². The number of benzene rings is 1. The highest BCUT2D eigenvalue weighted by molar-refractivity contribution is 5.99. The van der Waals surface area contributed by atoms with Crippen molar-refractivity contribution in [2.24, 2.45) is 11.8 Å². The number of ketones is 1. The Kier molecular flexibility index (Phi) is 3.13. The van der Waals surface area contributed by atoms with Crippen molar-refractivity contribution < 1.29 is 4.79 Å². The summed E-state index contributed by atoms with van der Waals surface area (Å²) < 4.78 is 0. The van der Waals surface area contributed by atoms with Gasteiger partial charge in [0, 0.05) is 11.5 Å². The van der Waals surface area contributed by atoms with Gasteiger partial charge < -0.3 is 0 Å². The molecule has 0 N–H and O–H groups in total. The number of carbonyl (C=O) groups is 1. The molecule has 0 amide bonds. The van der Waals surface area contributed by atoms with Gasteiger partial charge in [0.1, 0.15) is 0 Å². The summed E-state index contributed by atoms with van der Waals surface area (Å²) in [5.74, 6) is 1.64. The first-order valence-electron chi connectivity index (χ1n) is 6.22. The monoisotopic (exact) mass is 216 g/mol. The van der Waals surface area contributed by atoms with Gasteiger partial charge in [0.25, 0.3) is 0 Å². The molecule has 1 nitrogen and oxygen atoms in total. The molecule has 1 aromatic rings. The first-order valence-corrected chi connectivity index (χ1v) is 6.22. The molecule has 1 aliphatic rings. The Labute approximate surface area is 97.9 Å². The minimum atomic E-state index is 0.170. The van der Waals surface area contributed by atoms with E-state index in [1.807, 2.05) is 18.2 Å². The van der Waals surface area contributed by atoms with E-state index in [4.69, 9.17) is 0 Å². The van der Waals surface area contributed by atoms with Crippen molar-refractivity contribution in [2.45, 2.75) is 39.5 Å². The zero-order valence-corrected chi connectivity index (χ0v) is 10.4. The van der Waals surface area contributed by atoms with E-state index in [0.717, 1.165) is 12.0 Å². The highest BCUT2D eigenvalue weighted by Crippen LogP contribution is 2.33. The molecule has 86 valence electrons. The summed E-state index contributed by atoms with van der Waals surface area (Å²) in [5.41, 5.74) is 2.19. The van der Waals surface area contributed by atoms with Crippen LogP contribution in [0.4, 0.5) is 0 Å². The lowest BCUT2D eigenvalue weighted by molar-refractivity contribution is 0.0904. The fraction of sp³-hybridized carbons (Fsp3) is 0.533. The second-order valence-corrected chi connectivity index (χ2v) is 5.33. The average Bonchev–Trinajstić information content (AvgIpc) is 2.26. The van der Waals surface area contributed by atoms with E-state index in [2.05, 4.69) is 26.8 Å². The van der Waals surface area contributed by atoms with Crippen LogP contribution < -0.4 is 0 Å². The Morgan fingerprint density at radius 1 is 1.00 bits per heavy atom. The van der Waals surface area contributed by atoms with Crippen molar-refractivity contribution in [3.63, 3.8) is 0 Å². The summed E-state index contributed by atoms with van der Waals surface area (Å²) in [7, 11) is 0. The molecular weight excluding hydrogens is 196 g/mol. The van der Waals surface area contributed by atoms with E-state index in [9.17, 15) is 4.79 Å². The van der Waals surface area contributed by atoms with Crippen molar-refractivity contribution in [2.75, 3.05) is 0 Å². The van der Waals surface area contributed by atoms with Gasteiger partial charge in [0.2, 0.25) is 0 Å². The predicted octanol–water partition coefficient (Wildman–Crippen LogP) is 4.04. The SMILES string of the molecule is CC1CC(C)C(=O)c2ccccc2C(C)C1. The van der Waals surface area contributed by atoms with Crippen molar-refractivity contribution in [3.8, 4) is 0 Å². The molecule has 0 heterocycles. The number of carbonyl (C=O) groups excluding carboxylic acids is 1.